The Balaban J connectivity index is 1.43. The maximum atomic E-state index is 12.6. The molecule has 3 aromatic rings. The third kappa shape index (κ3) is 4.01. The molecular formula is C24H25N3O. The second kappa shape index (κ2) is 8.17. The standard InChI is InChI=1S/C24H25N3O/c25-23-12-11-22(18-21(23)17-19-7-3-1-4-8-19)26-13-15-27(16-14-26)24(28)20-9-5-2-6-10-20/h1-12,18H,13-17,25H2. The highest BCUT2D eigenvalue weighted by atomic mass is 16.2. The van der Waals surface area contributed by atoms with Gasteiger partial charge in [0, 0.05) is 43.1 Å². The first-order valence-electron chi connectivity index (χ1n) is 9.72. The first-order chi connectivity index (χ1) is 13.7. The van der Waals surface area contributed by atoms with Gasteiger partial charge in [0.25, 0.3) is 5.91 Å². The van der Waals surface area contributed by atoms with Crippen molar-refractivity contribution in [2.24, 2.45) is 0 Å². The summed E-state index contributed by atoms with van der Waals surface area (Å²) in [5.74, 6) is 0.113. The van der Waals surface area contributed by atoms with Crippen molar-refractivity contribution in [1.29, 1.82) is 0 Å². The van der Waals surface area contributed by atoms with E-state index in [9.17, 15) is 4.79 Å². The average Bonchev–Trinajstić information content (AvgIpc) is 2.76. The predicted molar refractivity (Wildman–Crippen MR) is 115 cm³/mol. The Bertz CT molecular complexity index is 933. The Hall–Kier alpha value is -3.27. The number of benzene rings is 3. The number of hydrogen-bond acceptors (Lipinski definition) is 3. The lowest BCUT2D eigenvalue weighted by molar-refractivity contribution is 0.0747. The molecule has 142 valence electrons. The first kappa shape index (κ1) is 18.1. The summed E-state index contributed by atoms with van der Waals surface area (Å²) in [5, 5.41) is 0. The van der Waals surface area contributed by atoms with E-state index in [1.54, 1.807) is 0 Å². The summed E-state index contributed by atoms with van der Waals surface area (Å²) < 4.78 is 0. The van der Waals surface area contributed by atoms with Crippen LogP contribution in [0.5, 0.6) is 0 Å². The fourth-order valence-corrected chi connectivity index (χ4v) is 3.69. The number of nitrogens with two attached hydrogens (primary N) is 1. The van der Waals surface area contributed by atoms with E-state index in [1.165, 1.54) is 11.3 Å². The van der Waals surface area contributed by atoms with Crippen molar-refractivity contribution in [2.75, 3.05) is 36.8 Å². The summed E-state index contributed by atoms with van der Waals surface area (Å²) in [6.45, 7) is 3.11. The van der Waals surface area contributed by atoms with Gasteiger partial charge in [0.15, 0.2) is 0 Å². The van der Waals surface area contributed by atoms with E-state index < -0.39 is 0 Å². The zero-order chi connectivity index (χ0) is 19.3. The number of piperazine rings is 1. The first-order valence-corrected chi connectivity index (χ1v) is 9.72. The molecule has 0 atom stereocenters. The van der Waals surface area contributed by atoms with Crippen molar-refractivity contribution in [3.8, 4) is 0 Å². The van der Waals surface area contributed by atoms with Crippen molar-refractivity contribution >= 4 is 17.3 Å². The van der Waals surface area contributed by atoms with Crippen molar-refractivity contribution in [1.82, 2.24) is 4.90 Å². The smallest absolute Gasteiger partial charge is 0.253 e. The van der Waals surface area contributed by atoms with E-state index in [0.717, 1.165) is 49.4 Å². The summed E-state index contributed by atoms with van der Waals surface area (Å²) in [6.07, 6.45) is 0.826. The topological polar surface area (TPSA) is 49.6 Å². The van der Waals surface area contributed by atoms with Crippen molar-refractivity contribution < 1.29 is 4.79 Å². The number of carbonyl (C=O) groups excluding carboxylic acids is 1. The van der Waals surface area contributed by atoms with Gasteiger partial charge in [0.05, 0.1) is 0 Å². The monoisotopic (exact) mass is 371 g/mol. The zero-order valence-electron chi connectivity index (χ0n) is 15.9. The number of rotatable bonds is 4. The number of hydrogen-bond donors (Lipinski definition) is 1. The Morgan fingerprint density at radius 2 is 1.46 bits per heavy atom. The van der Waals surface area contributed by atoms with Gasteiger partial charge >= 0.3 is 0 Å². The van der Waals surface area contributed by atoms with Gasteiger partial charge in [-0.3, -0.25) is 4.79 Å². The predicted octanol–water partition coefficient (Wildman–Crippen LogP) is 3.82. The molecule has 1 amide bonds. The molecule has 0 aromatic heterocycles. The van der Waals surface area contributed by atoms with Crippen LogP contribution in [0, 0.1) is 0 Å². The normalized spacial score (nSPS) is 14.1. The Kier molecular flexibility index (Phi) is 5.29. The Morgan fingerprint density at radius 1 is 0.821 bits per heavy atom. The fraction of sp³-hybridized carbons (Fsp3) is 0.208. The third-order valence-electron chi connectivity index (χ3n) is 5.32. The molecular weight excluding hydrogens is 346 g/mol. The van der Waals surface area contributed by atoms with Gasteiger partial charge in [-0.05, 0) is 47.9 Å². The lowest BCUT2D eigenvalue weighted by atomic mass is 10.0. The highest BCUT2D eigenvalue weighted by Gasteiger charge is 2.22. The largest absolute Gasteiger partial charge is 0.398 e. The molecule has 0 bridgehead atoms. The average molecular weight is 371 g/mol. The maximum Gasteiger partial charge on any atom is 0.253 e. The summed E-state index contributed by atoms with van der Waals surface area (Å²) in [5.41, 5.74) is 11.4. The van der Waals surface area contributed by atoms with Crippen molar-refractivity contribution in [2.45, 2.75) is 6.42 Å². The Morgan fingerprint density at radius 3 is 2.14 bits per heavy atom. The van der Waals surface area contributed by atoms with Gasteiger partial charge in [0.1, 0.15) is 0 Å². The molecule has 1 saturated heterocycles. The molecule has 4 heteroatoms. The van der Waals surface area contributed by atoms with Gasteiger partial charge in [-0.15, -0.1) is 0 Å². The van der Waals surface area contributed by atoms with Gasteiger partial charge < -0.3 is 15.5 Å². The van der Waals surface area contributed by atoms with Crippen LogP contribution >= 0.6 is 0 Å². The van der Waals surface area contributed by atoms with Gasteiger partial charge in [-0.2, -0.15) is 0 Å². The van der Waals surface area contributed by atoms with Crippen LogP contribution in [-0.2, 0) is 6.42 Å². The minimum Gasteiger partial charge on any atom is -0.398 e. The van der Waals surface area contributed by atoms with E-state index in [-0.39, 0.29) is 5.91 Å². The van der Waals surface area contributed by atoms with E-state index in [2.05, 4.69) is 41.3 Å². The van der Waals surface area contributed by atoms with E-state index >= 15 is 0 Å². The summed E-state index contributed by atoms with van der Waals surface area (Å²) in [6, 6.07) is 26.2. The number of anilines is 2. The van der Waals surface area contributed by atoms with Crippen LogP contribution in [0.1, 0.15) is 21.5 Å². The number of nitrogens with zero attached hydrogens (tertiary/aromatic N) is 2. The van der Waals surface area contributed by atoms with Gasteiger partial charge in [-0.1, -0.05) is 48.5 Å². The molecule has 0 radical (unpaired) electrons. The van der Waals surface area contributed by atoms with Crippen molar-refractivity contribution in [3.63, 3.8) is 0 Å². The third-order valence-corrected chi connectivity index (χ3v) is 5.32. The molecule has 0 unspecified atom stereocenters. The molecule has 0 spiro atoms. The number of amides is 1. The van der Waals surface area contributed by atoms with Crippen LogP contribution in [0.3, 0.4) is 0 Å². The molecule has 4 rings (SSSR count). The Labute approximate surface area is 166 Å². The molecule has 1 fully saturated rings. The highest BCUT2D eigenvalue weighted by Crippen LogP contribution is 2.25. The lowest BCUT2D eigenvalue weighted by Crippen LogP contribution is -2.48. The minimum atomic E-state index is 0.113. The number of carbonyl (C=O) groups is 1. The highest BCUT2D eigenvalue weighted by molar-refractivity contribution is 5.94. The quantitative estimate of drug-likeness (QED) is 0.709. The summed E-state index contributed by atoms with van der Waals surface area (Å²) >= 11 is 0. The van der Waals surface area contributed by atoms with Crippen LogP contribution in [-0.4, -0.2) is 37.0 Å². The summed E-state index contributed by atoms with van der Waals surface area (Å²) in [4.78, 5) is 16.9. The minimum absolute atomic E-state index is 0.113. The maximum absolute atomic E-state index is 12.6. The van der Waals surface area contributed by atoms with Crippen LogP contribution < -0.4 is 10.6 Å². The van der Waals surface area contributed by atoms with Crippen LogP contribution in [0.2, 0.25) is 0 Å². The van der Waals surface area contributed by atoms with Crippen LogP contribution in [0.15, 0.2) is 78.9 Å². The molecule has 28 heavy (non-hydrogen) atoms. The second-order valence-electron chi connectivity index (χ2n) is 7.19. The molecule has 0 saturated carbocycles. The second-order valence-corrected chi connectivity index (χ2v) is 7.19. The molecule has 1 aliphatic heterocycles. The van der Waals surface area contributed by atoms with E-state index in [0.29, 0.717) is 0 Å². The van der Waals surface area contributed by atoms with E-state index in [4.69, 9.17) is 5.73 Å². The van der Waals surface area contributed by atoms with Crippen LogP contribution in [0.4, 0.5) is 11.4 Å². The van der Waals surface area contributed by atoms with Gasteiger partial charge in [0.2, 0.25) is 0 Å². The number of nitrogen functional groups attached to an aromatic ring is 1. The molecule has 0 aliphatic carbocycles. The lowest BCUT2D eigenvalue weighted by Gasteiger charge is -2.36. The van der Waals surface area contributed by atoms with Crippen LogP contribution in [0.25, 0.3) is 0 Å². The van der Waals surface area contributed by atoms with Crippen molar-refractivity contribution in [3.05, 3.63) is 95.6 Å². The molecule has 3 aromatic carbocycles. The fourth-order valence-electron chi connectivity index (χ4n) is 3.69. The zero-order valence-corrected chi connectivity index (χ0v) is 15.9. The molecule has 1 heterocycles. The van der Waals surface area contributed by atoms with E-state index in [1.807, 2.05) is 47.4 Å². The summed E-state index contributed by atoms with van der Waals surface area (Å²) in [7, 11) is 0. The SMILES string of the molecule is Nc1ccc(N2CCN(C(=O)c3ccccc3)CC2)cc1Cc1ccccc1. The molecule has 1 aliphatic rings. The molecule has 4 nitrogen and oxygen atoms in total. The molecule has 2 N–H and O–H groups in total. The van der Waals surface area contributed by atoms with Gasteiger partial charge in [-0.25, -0.2) is 0 Å².